The number of fused-ring (bicyclic) bond motifs is 5. The van der Waals surface area contributed by atoms with Gasteiger partial charge in [-0.3, -0.25) is 33.6 Å². The van der Waals surface area contributed by atoms with Gasteiger partial charge in [-0.15, -0.1) is 12.4 Å². The Bertz CT molecular complexity index is 2520. The van der Waals surface area contributed by atoms with Crippen LogP contribution in [-0.2, 0) is 75.9 Å². The van der Waals surface area contributed by atoms with Crippen molar-refractivity contribution in [2.75, 3.05) is 39.6 Å². The smallest absolute Gasteiger partial charge is 1.00 e. The molecule has 0 aromatic heterocycles. The molecule has 10 aliphatic rings. The summed E-state index contributed by atoms with van der Waals surface area (Å²) in [7, 11) is 0.319. The summed E-state index contributed by atoms with van der Waals surface area (Å²) in [6.07, 6.45) is 24.4. The Hall–Kier alpha value is -5.27. The number of esters is 5. The van der Waals surface area contributed by atoms with Crippen LogP contribution in [0.3, 0.4) is 0 Å². The quantitative estimate of drug-likeness (QED) is 0.0596. The zero-order chi connectivity index (χ0) is 59.9. The van der Waals surface area contributed by atoms with E-state index in [0.29, 0.717) is 102 Å². The van der Waals surface area contributed by atoms with Gasteiger partial charge in [0, 0.05) is 39.6 Å². The molecule has 22 nitrogen and oxygen atoms in total. The van der Waals surface area contributed by atoms with Crippen molar-refractivity contribution in [2.24, 2.45) is 65.1 Å². The van der Waals surface area contributed by atoms with Gasteiger partial charge in [0.25, 0.3) is 18.8 Å². The first-order valence-electron chi connectivity index (χ1n) is 29.0. The number of carbonyl (C=O) groups excluding carboxylic acids is 7. The number of rotatable bonds is 13. The number of Topliss-reactive ketones (excluding diaryl/α,β-unsaturated/α-hetero) is 2. The van der Waals surface area contributed by atoms with Crippen molar-refractivity contribution in [2.45, 2.75) is 155 Å². The van der Waals surface area contributed by atoms with Crippen molar-refractivity contribution in [1.29, 1.82) is 15.8 Å². The molecule has 461 valence electrons. The Morgan fingerprint density at radius 2 is 1.07 bits per heavy atom. The minimum atomic E-state index is -0.488. The Balaban J connectivity index is 0.00000103. The molecule has 4 aliphatic heterocycles. The molecule has 0 bridgehead atoms. The molecule has 86 heavy (non-hydrogen) atoms. The first kappa shape index (κ1) is 78.7. The van der Waals surface area contributed by atoms with Gasteiger partial charge in [-0.2, -0.15) is 15.8 Å². The molecule has 8 fully saturated rings. The van der Waals surface area contributed by atoms with Crippen LogP contribution in [0.1, 0.15) is 108 Å². The summed E-state index contributed by atoms with van der Waals surface area (Å²) in [5, 5.41) is 46.3. The van der Waals surface area contributed by atoms with E-state index in [9.17, 15) is 38.7 Å². The van der Waals surface area contributed by atoms with Gasteiger partial charge in [-0.05, 0) is 152 Å². The van der Waals surface area contributed by atoms with Crippen molar-refractivity contribution >= 4 is 90.1 Å². The molecule has 0 aromatic rings. The van der Waals surface area contributed by atoms with Gasteiger partial charge in [0.2, 0.25) is 0 Å². The molecule has 10 rings (SSSR count). The van der Waals surface area contributed by atoms with Crippen LogP contribution < -0.4 is 34.9 Å². The van der Waals surface area contributed by atoms with Crippen LogP contribution in [0.25, 0.3) is 0 Å². The van der Waals surface area contributed by atoms with E-state index in [4.69, 9.17) is 63.2 Å². The largest absolute Gasteiger partial charge is 1.00 e. The van der Waals surface area contributed by atoms with Crippen LogP contribution in [0.15, 0.2) is 24.3 Å². The number of hydrogen-bond acceptors (Lipinski definition) is 22. The summed E-state index contributed by atoms with van der Waals surface area (Å²) < 4.78 is 49.1. The SMILES string of the molecule is C.CCOC(=O)[C@H]1B(OC#N)C[C@@H]2C(=O)CC[C@@H]21.CCOC(=O)[C@H]1B(OC#N)C[C@@H]2C(O)CC[C@H]12.CCOC(=O)[C@H]1B(OC#N)C[C@@H]2C=CC[C@H]12.CCOC(=O)[C@H]1CC[C@@H]2C(=O)CC[C@@H]21.CCOC(=O)[C@H]1NC[C@@H]2C=CC[C@H]12.Cl.O=BC#CO.[B].[H-].[Na+]. The second kappa shape index (κ2) is 40.3. The molecular weight excluding hydrogens is 1140 g/mol. The number of ether oxygens (including phenoxy) is 5. The summed E-state index contributed by atoms with van der Waals surface area (Å²) in [5.74, 6) is 2.28. The van der Waals surface area contributed by atoms with Gasteiger partial charge in [-0.1, -0.05) is 31.7 Å². The third-order valence-corrected chi connectivity index (χ3v) is 17.8. The first-order valence-corrected chi connectivity index (χ1v) is 29.0. The van der Waals surface area contributed by atoms with Gasteiger partial charge in [0.05, 0.1) is 62.5 Å². The van der Waals surface area contributed by atoms with E-state index in [1.54, 1.807) is 45.4 Å². The van der Waals surface area contributed by atoms with Crippen molar-refractivity contribution in [3.05, 3.63) is 24.3 Å². The maximum atomic E-state index is 11.9. The van der Waals surface area contributed by atoms with E-state index < -0.39 is 25.5 Å². The summed E-state index contributed by atoms with van der Waals surface area (Å²) in [5.41, 5.74) is 0. The molecule has 0 spiro atoms. The number of aliphatic hydroxyl groups excluding tert-OH is 2. The topological polar surface area (TPSA) is 334 Å². The molecule has 1 unspecified atom stereocenters. The number of allylic oxidation sites excluding steroid dienone is 3. The van der Waals surface area contributed by atoms with Gasteiger partial charge >= 0.3 is 109 Å². The number of nitriles is 3. The van der Waals surface area contributed by atoms with Gasteiger partial charge in [0.15, 0.2) is 0 Å². The summed E-state index contributed by atoms with van der Waals surface area (Å²) in [6.45, 7) is 10.6. The van der Waals surface area contributed by atoms with Crippen LogP contribution in [0.4, 0.5) is 0 Å². The molecule has 4 saturated heterocycles. The van der Waals surface area contributed by atoms with E-state index in [2.05, 4.69) is 29.6 Å². The third-order valence-electron chi connectivity index (χ3n) is 17.8. The van der Waals surface area contributed by atoms with Crippen molar-refractivity contribution in [3.8, 4) is 30.7 Å². The number of hydrogen-bond donors (Lipinski definition) is 3. The average molecular weight is 1220 g/mol. The Kier molecular flexibility index (Phi) is 36.9. The van der Waals surface area contributed by atoms with Crippen molar-refractivity contribution in [3.63, 3.8) is 0 Å². The molecule has 4 heterocycles. The molecule has 3 radical (unpaired) electrons. The molecule has 3 N–H and O–H groups in total. The number of aliphatic hydroxyl groups is 2. The molecule has 29 heteroatoms. The molecule has 4 saturated carbocycles. The summed E-state index contributed by atoms with van der Waals surface area (Å²) in [6, 6.07) is -0.0695. The maximum Gasteiger partial charge on any atom is 1.00 e. The van der Waals surface area contributed by atoms with E-state index >= 15 is 0 Å². The fraction of sp³-hybridized carbons (Fsp3) is 0.719. The van der Waals surface area contributed by atoms with Gasteiger partial charge in [-0.25, -0.2) is 0 Å². The minimum absolute atomic E-state index is 0. The number of ketones is 2. The molecule has 16 atom stereocenters. The number of carbonyl (C=O) groups is 7. The van der Waals surface area contributed by atoms with Crippen LogP contribution in [-0.4, -0.2) is 140 Å². The first-order chi connectivity index (χ1) is 39.6. The fourth-order valence-electron chi connectivity index (χ4n) is 14.4. The van der Waals surface area contributed by atoms with Crippen molar-refractivity contribution < 1.29 is 117 Å². The van der Waals surface area contributed by atoms with Crippen molar-refractivity contribution in [1.82, 2.24) is 5.32 Å². The third kappa shape index (κ3) is 20.1. The predicted octanol–water partition coefficient (Wildman–Crippen LogP) is 2.83. The average Bonchev–Trinajstić information content (AvgIpc) is 2.07. The number of nitrogens with one attached hydrogen (secondary N) is 1. The van der Waals surface area contributed by atoms with Crippen LogP contribution in [0.5, 0.6) is 0 Å². The van der Waals surface area contributed by atoms with E-state index in [0.717, 1.165) is 57.8 Å². The van der Waals surface area contributed by atoms with E-state index in [-0.39, 0.29) is 161 Å². The Morgan fingerprint density at radius 1 is 0.605 bits per heavy atom. The Labute approximate surface area is 539 Å². The second-order valence-corrected chi connectivity index (χ2v) is 21.7. The summed E-state index contributed by atoms with van der Waals surface area (Å²) >= 11 is 0. The standard InChI is InChI=1S/C11H16BNO4.C11H14BNO4.C11H14BNO3.C11H16O3.C10H15NO2.C2HBO2.CH4.B.ClH.Na.H/c2*1-2-16-11(15)10-7-3-4-9(14)8(7)5-12(10)17-6-13;1-2-15-11(14)10-9-5-3-4-8(9)6-12(10)16-7-13;1-2-14-11(13)9-4-3-8-7(9)5-6-10(8)12;1-2-13-10(12)9-8-5-3-4-7(8)6-11-9;4-2-1-3-5;;;;;/h7-10,14H,2-5H2,1H3;7-8,10H,2-5H2,1H3;3-4,8-10H,2,5-6H2,1H3;7-9H,2-6H2,1H3;3-4,7-9,11H,2,5-6H2,1H3;4H;1H4;;1H;;/q;;;;;;;;;+1;-1/t7-,8-,9?,10-;7-,8-,10-;8-,9-,10-;2*7-,8-,9-;;;;;;/m00000....../s1. The zero-order valence-electron chi connectivity index (χ0n) is 50.5. The van der Waals surface area contributed by atoms with Crippen LogP contribution in [0.2, 0.25) is 36.4 Å². The molecular formula is C57H82B5ClN4NaO18. The second-order valence-electron chi connectivity index (χ2n) is 21.7. The predicted molar refractivity (Wildman–Crippen MR) is 314 cm³/mol. The minimum Gasteiger partial charge on any atom is -1.00 e. The van der Waals surface area contributed by atoms with Crippen LogP contribution in [0, 0.1) is 112 Å². The summed E-state index contributed by atoms with van der Waals surface area (Å²) in [4.78, 5) is 81.7. The molecule has 6 aliphatic carbocycles. The zero-order valence-corrected chi connectivity index (χ0v) is 52.4. The van der Waals surface area contributed by atoms with Gasteiger partial charge in [0.1, 0.15) is 17.6 Å². The number of halogens is 1. The molecule has 0 aromatic carbocycles. The monoisotopic (exact) mass is 1220 g/mol. The van der Waals surface area contributed by atoms with Crippen LogP contribution >= 0.6 is 12.4 Å². The normalized spacial score (nSPS) is 30.3. The number of nitrogens with zero attached hydrogens (tertiary/aromatic N) is 3. The Morgan fingerprint density at radius 3 is 1.59 bits per heavy atom. The maximum absolute atomic E-state index is 11.9. The molecule has 0 amide bonds. The van der Waals surface area contributed by atoms with Gasteiger partial charge < -0.3 is 49.5 Å². The fourth-order valence-corrected chi connectivity index (χ4v) is 14.4. The van der Waals surface area contributed by atoms with E-state index in [1.165, 1.54) is 6.11 Å². The van der Waals surface area contributed by atoms with E-state index in [1.807, 2.05) is 13.8 Å².